The van der Waals surface area contributed by atoms with Gasteiger partial charge >= 0.3 is 0 Å². The Hall–Kier alpha value is -1.20. The number of halogens is 1. The van der Waals surface area contributed by atoms with Crippen molar-refractivity contribution in [1.82, 2.24) is 20.3 Å². The summed E-state index contributed by atoms with van der Waals surface area (Å²) >= 11 is 3.44. The van der Waals surface area contributed by atoms with Crippen molar-refractivity contribution in [3.8, 4) is 0 Å². The van der Waals surface area contributed by atoms with Crippen LogP contribution in [0.25, 0.3) is 0 Å². The highest BCUT2D eigenvalue weighted by Crippen LogP contribution is 2.26. The number of hydrogen-bond donors (Lipinski definition) is 1. The first-order chi connectivity index (χ1) is 8.13. The average molecular weight is 295 g/mol. The van der Waals surface area contributed by atoms with Gasteiger partial charge in [0.2, 0.25) is 0 Å². The molecule has 5 heteroatoms. The SMILES string of the molecule is CNC(c1cccc(C)c1)c1c(Br)nnn1C. The van der Waals surface area contributed by atoms with Crippen LogP contribution in [0, 0.1) is 6.92 Å². The van der Waals surface area contributed by atoms with Gasteiger partial charge in [-0.25, -0.2) is 4.68 Å². The number of aryl methyl sites for hydroxylation is 2. The molecule has 0 aliphatic carbocycles. The zero-order valence-corrected chi connectivity index (χ0v) is 11.7. The van der Waals surface area contributed by atoms with Crippen molar-refractivity contribution in [2.24, 2.45) is 7.05 Å². The van der Waals surface area contributed by atoms with Crippen LogP contribution >= 0.6 is 15.9 Å². The Morgan fingerprint density at radius 1 is 1.41 bits per heavy atom. The van der Waals surface area contributed by atoms with Crippen LogP contribution < -0.4 is 5.32 Å². The first-order valence-corrected chi connectivity index (χ1v) is 6.21. The van der Waals surface area contributed by atoms with E-state index >= 15 is 0 Å². The number of nitrogens with zero attached hydrogens (tertiary/aromatic N) is 3. The third kappa shape index (κ3) is 2.40. The van der Waals surface area contributed by atoms with Gasteiger partial charge in [0.15, 0.2) is 4.60 Å². The van der Waals surface area contributed by atoms with Crippen molar-refractivity contribution in [2.75, 3.05) is 7.05 Å². The fourth-order valence-electron chi connectivity index (χ4n) is 1.96. The number of benzene rings is 1. The first-order valence-electron chi connectivity index (χ1n) is 5.42. The number of hydrogen-bond acceptors (Lipinski definition) is 3. The Kier molecular flexibility index (Phi) is 3.59. The maximum absolute atomic E-state index is 4.02. The van der Waals surface area contributed by atoms with E-state index in [4.69, 9.17) is 0 Å². The molecular formula is C12H15BrN4. The number of rotatable bonds is 3. The molecule has 1 aromatic carbocycles. The maximum Gasteiger partial charge on any atom is 0.153 e. The Bertz CT molecular complexity index is 501. The van der Waals surface area contributed by atoms with E-state index in [9.17, 15) is 0 Å². The summed E-state index contributed by atoms with van der Waals surface area (Å²) in [6.45, 7) is 2.09. The molecule has 1 aromatic heterocycles. The molecule has 0 radical (unpaired) electrons. The normalized spacial score (nSPS) is 12.7. The largest absolute Gasteiger partial charge is 0.308 e. The van der Waals surface area contributed by atoms with Gasteiger partial charge in [0.25, 0.3) is 0 Å². The summed E-state index contributed by atoms with van der Waals surface area (Å²) in [5.74, 6) is 0. The maximum atomic E-state index is 4.02. The Labute approximate surface area is 109 Å². The van der Waals surface area contributed by atoms with E-state index < -0.39 is 0 Å². The molecule has 1 heterocycles. The van der Waals surface area contributed by atoms with Crippen LogP contribution in [0.3, 0.4) is 0 Å². The summed E-state index contributed by atoms with van der Waals surface area (Å²) in [7, 11) is 3.83. The van der Waals surface area contributed by atoms with Crippen molar-refractivity contribution < 1.29 is 0 Å². The summed E-state index contributed by atoms with van der Waals surface area (Å²) in [5.41, 5.74) is 3.48. The molecule has 1 atom stereocenters. The minimum absolute atomic E-state index is 0.0873. The Morgan fingerprint density at radius 2 is 2.18 bits per heavy atom. The highest BCUT2D eigenvalue weighted by molar-refractivity contribution is 9.10. The summed E-state index contributed by atoms with van der Waals surface area (Å²) in [6, 6.07) is 8.51. The van der Waals surface area contributed by atoms with Gasteiger partial charge in [-0.1, -0.05) is 35.0 Å². The second kappa shape index (κ2) is 4.98. The predicted molar refractivity (Wildman–Crippen MR) is 70.8 cm³/mol. The zero-order valence-electron chi connectivity index (χ0n) is 10.1. The van der Waals surface area contributed by atoms with Crippen molar-refractivity contribution in [1.29, 1.82) is 0 Å². The van der Waals surface area contributed by atoms with Gasteiger partial charge in [-0.2, -0.15) is 0 Å². The lowest BCUT2D eigenvalue weighted by Gasteiger charge is -2.17. The molecule has 0 aliphatic rings. The van der Waals surface area contributed by atoms with Crippen molar-refractivity contribution in [3.63, 3.8) is 0 Å². The van der Waals surface area contributed by atoms with Crippen LogP contribution in [0.4, 0.5) is 0 Å². The van der Waals surface area contributed by atoms with Gasteiger partial charge in [-0.3, -0.25) is 0 Å². The van der Waals surface area contributed by atoms with E-state index in [1.807, 2.05) is 14.1 Å². The van der Waals surface area contributed by atoms with Crippen LogP contribution in [0.2, 0.25) is 0 Å². The van der Waals surface area contributed by atoms with Gasteiger partial charge in [0, 0.05) is 7.05 Å². The molecule has 2 rings (SSSR count). The molecule has 1 unspecified atom stereocenters. The highest BCUT2D eigenvalue weighted by Gasteiger charge is 2.20. The van der Waals surface area contributed by atoms with Gasteiger partial charge < -0.3 is 5.32 Å². The number of aromatic nitrogens is 3. The van der Waals surface area contributed by atoms with E-state index in [0.29, 0.717) is 0 Å². The standard InChI is InChI=1S/C12H15BrN4/c1-8-5-4-6-9(7-8)10(14-2)11-12(13)15-16-17(11)3/h4-7,10,14H,1-3H3. The third-order valence-electron chi connectivity index (χ3n) is 2.76. The lowest BCUT2D eigenvalue weighted by atomic mass is 10.0. The second-order valence-corrected chi connectivity index (χ2v) is 4.78. The zero-order chi connectivity index (χ0) is 12.4. The second-order valence-electron chi connectivity index (χ2n) is 4.02. The van der Waals surface area contributed by atoms with Crippen molar-refractivity contribution >= 4 is 15.9 Å². The molecule has 0 amide bonds. The predicted octanol–water partition coefficient (Wildman–Crippen LogP) is 2.19. The monoisotopic (exact) mass is 294 g/mol. The molecule has 0 saturated heterocycles. The summed E-state index contributed by atoms with van der Waals surface area (Å²) < 4.78 is 2.56. The summed E-state index contributed by atoms with van der Waals surface area (Å²) in [5, 5.41) is 11.3. The van der Waals surface area contributed by atoms with E-state index in [1.54, 1.807) is 4.68 Å². The molecule has 4 nitrogen and oxygen atoms in total. The molecule has 0 fully saturated rings. The van der Waals surface area contributed by atoms with Gasteiger partial charge in [0.05, 0.1) is 11.7 Å². The minimum Gasteiger partial charge on any atom is -0.308 e. The molecule has 90 valence electrons. The Balaban J connectivity index is 2.47. The van der Waals surface area contributed by atoms with Crippen LogP contribution in [-0.4, -0.2) is 22.0 Å². The van der Waals surface area contributed by atoms with E-state index in [1.165, 1.54) is 11.1 Å². The molecule has 0 saturated carbocycles. The lowest BCUT2D eigenvalue weighted by Crippen LogP contribution is -2.21. The smallest absolute Gasteiger partial charge is 0.153 e. The topological polar surface area (TPSA) is 42.7 Å². The van der Waals surface area contributed by atoms with Gasteiger partial charge in [-0.15, -0.1) is 5.10 Å². The third-order valence-corrected chi connectivity index (χ3v) is 3.33. The molecule has 17 heavy (non-hydrogen) atoms. The molecule has 0 bridgehead atoms. The van der Waals surface area contributed by atoms with Gasteiger partial charge in [-0.05, 0) is 35.5 Å². The molecule has 0 aliphatic heterocycles. The van der Waals surface area contributed by atoms with Crippen LogP contribution in [0.1, 0.15) is 22.9 Å². The van der Waals surface area contributed by atoms with E-state index in [-0.39, 0.29) is 6.04 Å². The number of nitrogens with one attached hydrogen (secondary N) is 1. The van der Waals surface area contributed by atoms with E-state index in [0.717, 1.165) is 10.3 Å². The van der Waals surface area contributed by atoms with Gasteiger partial charge in [0.1, 0.15) is 0 Å². The summed E-state index contributed by atoms with van der Waals surface area (Å²) in [6.07, 6.45) is 0. The van der Waals surface area contributed by atoms with Crippen molar-refractivity contribution in [3.05, 3.63) is 45.7 Å². The van der Waals surface area contributed by atoms with Crippen molar-refractivity contribution in [2.45, 2.75) is 13.0 Å². The molecule has 1 N–H and O–H groups in total. The first kappa shape index (κ1) is 12.3. The molecule has 0 spiro atoms. The van der Waals surface area contributed by atoms with Crippen LogP contribution in [0.5, 0.6) is 0 Å². The highest BCUT2D eigenvalue weighted by atomic mass is 79.9. The molecule has 2 aromatic rings. The average Bonchev–Trinajstić information content (AvgIpc) is 2.62. The van der Waals surface area contributed by atoms with Crippen LogP contribution in [-0.2, 0) is 7.05 Å². The van der Waals surface area contributed by atoms with E-state index in [2.05, 4.69) is 62.7 Å². The lowest BCUT2D eigenvalue weighted by molar-refractivity contribution is 0.597. The molecular weight excluding hydrogens is 280 g/mol. The fraction of sp³-hybridized carbons (Fsp3) is 0.333. The minimum atomic E-state index is 0.0873. The fourth-order valence-corrected chi connectivity index (χ4v) is 2.51. The Morgan fingerprint density at radius 3 is 2.71 bits per heavy atom. The summed E-state index contributed by atoms with van der Waals surface area (Å²) in [4.78, 5) is 0. The quantitative estimate of drug-likeness (QED) is 0.944. The van der Waals surface area contributed by atoms with Crippen LogP contribution in [0.15, 0.2) is 28.9 Å².